The van der Waals surface area contributed by atoms with Gasteiger partial charge in [-0.2, -0.15) is 0 Å². The standard InChI is InChI=1S/C30H36N3OSi/c1-22-19-23(2)29(24(3)20-22)33-21-32-27(17-18-28(32)31-33)30(34-35(4,5)6,25-13-9-7-10-14-25)26-15-11-8-12-16-26/h7-16,19-21,27H,17-18H2,1-6H3/q+1/t27-/m0/s1. The molecule has 0 saturated heterocycles. The summed E-state index contributed by atoms with van der Waals surface area (Å²) in [5.74, 6) is 1.12. The van der Waals surface area contributed by atoms with E-state index in [2.05, 4.69) is 129 Å². The smallest absolute Gasteiger partial charge is 0.278 e. The number of aromatic nitrogens is 3. The van der Waals surface area contributed by atoms with Crippen molar-refractivity contribution >= 4 is 8.32 Å². The van der Waals surface area contributed by atoms with E-state index in [-0.39, 0.29) is 6.04 Å². The molecule has 0 N–H and O–H groups in total. The van der Waals surface area contributed by atoms with E-state index in [0.717, 1.165) is 18.7 Å². The molecule has 35 heavy (non-hydrogen) atoms. The maximum atomic E-state index is 7.30. The predicted molar refractivity (Wildman–Crippen MR) is 143 cm³/mol. The molecule has 0 bridgehead atoms. The van der Waals surface area contributed by atoms with Crippen LogP contribution < -0.4 is 4.57 Å². The maximum Gasteiger partial charge on any atom is 0.278 e. The van der Waals surface area contributed by atoms with Gasteiger partial charge in [-0.15, -0.1) is 0 Å². The van der Waals surface area contributed by atoms with Crippen LogP contribution >= 0.6 is 0 Å². The molecule has 0 unspecified atom stereocenters. The van der Waals surface area contributed by atoms with Gasteiger partial charge in [0.25, 0.3) is 5.82 Å². The maximum absolute atomic E-state index is 7.30. The fourth-order valence-corrected chi connectivity index (χ4v) is 7.20. The Morgan fingerprint density at radius 1 is 0.886 bits per heavy atom. The lowest BCUT2D eigenvalue weighted by molar-refractivity contribution is -0.730. The van der Waals surface area contributed by atoms with Crippen LogP contribution in [0.4, 0.5) is 0 Å². The lowest BCUT2D eigenvalue weighted by atomic mass is 9.79. The molecule has 180 valence electrons. The number of nitrogens with zero attached hydrogens (tertiary/aromatic N) is 3. The van der Waals surface area contributed by atoms with Crippen molar-refractivity contribution in [2.24, 2.45) is 0 Å². The van der Waals surface area contributed by atoms with Crippen molar-refractivity contribution in [3.05, 3.63) is 113 Å². The monoisotopic (exact) mass is 482 g/mol. The molecule has 1 aliphatic heterocycles. The van der Waals surface area contributed by atoms with Crippen molar-refractivity contribution in [1.82, 2.24) is 9.78 Å². The highest BCUT2D eigenvalue weighted by Gasteiger charge is 2.52. The zero-order chi connectivity index (χ0) is 24.8. The van der Waals surface area contributed by atoms with Gasteiger partial charge in [0.15, 0.2) is 8.32 Å². The second-order valence-corrected chi connectivity index (χ2v) is 15.3. The average Bonchev–Trinajstić information content (AvgIpc) is 3.38. The quantitative estimate of drug-likeness (QED) is 0.236. The number of hydrogen-bond acceptors (Lipinski definition) is 2. The van der Waals surface area contributed by atoms with E-state index in [1.54, 1.807) is 0 Å². The van der Waals surface area contributed by atoms with E-state index < -0.39 is 13.9 Å². The van der Waals surface area contributed by atoms with Crippen LogP contribution in [0.2, 0.25) is 19.6 Å². The van der Waals surface area contributed by atoms with Gasteiger partial charge in [-0.05, 0) is 69.1 Å². The number of aryl methyl sites for hydroxylation is 4. The molecule has 4 nitrogen and oxygen atoms in total. The Bertz CT molecular complexity index is 1280. The second-order valence-electron chi connectivity index (χ2n) is 10.9. The summed E-state index contributed by atoms with van der Waals surface area (Å²) < 4.78 is 11.8. The summed E-state index contributed by atoms with van der Waals surface area (Å²) in [6, 6.07) is 26.2. The summed E-state index contributed by atoms with van der Waals surface area (Å²) in [6.07, 6.45) is 4.12. The molecule has 0 fully saturated rings. The molecule has 0 spiro atoms. The van der Waals surface area contributed by atoms with E-state index in [0.29, 0.717) is 0 Å². The van der Waals surface area contributed by atoms with E-state index >= 15 is 0 Å². The first kappa shape index (κ1) is 23.7. The Kier molecular flexibility index (Phi) is 6.02. The topological polar surface area (TPSA) is 30.9 Å². The Balaban J connectivity index is 1.72. The molecular formula is C30H36N3OSi+. The molecule has 0 saturated carbocycles. The summed E-state index contributed by atoms with van der Waals surface area (Å²) in [6.45, 7) is 13.4. The predicted octanol–water partition coefficient (Wildman–Crippen LogP) is 6.37. The van der Waals surface area contributed by atoms with Crippen LogP contribution in [0.5, 0.6) is 0 Å². The fourth-order valence-electron chi connectivity index (χ4n) is 5.86. The zero-order valence-electron chi connectivity index (χ0n) is 21.7. The molecule has 1 aromatic heterocycles. The summed E-state index contributed by atoms with van der Waals surface area (Å²) in [5.41, 5.74) is 6.77. The van der Waals surface area contributed by atoms with Gasteiger partial charge in [0, 0.05) is 11.5 Å². The third-order valence-corrected chi connectivity index (χ3v) is 7.87. The lowest BCUT2D eigenvalue weighted by Crippen LogP contribution is -2.54. The number of fused-ring (bicyclic) bond motifs is 1. The molecule has 5 rings (SSSR count). The molecule has 5 heteroatoms. The first-order chi connectivity index (χ1) is 16.7. The average molecular weight is 483 g/mol. The first-order valence-electron chi connectivity index (χ1n) is 12.6. The molecule has 1 aliphatic rings. The van der Waals surface area contributed by atoms with Gasteiger partial charge >= 0.3 is 0 Å². The molecule has 2 heterocycles. The van der Waals surface area contributed by atoms with Crippen LogP contribution in [-0.2, 0) is 16.4 Å². The fraction of sp³-hybridized carbons (Fsp3) is 0.333. The SMILES string of the molecule is Cc1cc(C)c(-n2c[n+]3c(n2)CC[C@H]3C(O[Si](C)(C)C)(c2ccccc2)c2ccccc2)c(C)c1. The summed E-state index contributed by atoms with van der Waals surface area (Å²) in [4.78, 5) is 0. The van der Waals surface area contributed by atoms with Gasteiger partial charge in [-0.1, -0.05) is 83.0 Å². The van der Waals surface area contributed by atoms with Crippen molar-refractivity contribution in [2.75, 3.05) is 0 Å². The Morgan fingerprint density at radius 2 is 1.43 bits per heavy atom. The van der Waals surface area contributed by atoms with Crippen molar-refractivity contribution in [3.63, 3.8) is 0 Å². The van der Waals surface area contributed by atoms with Crippen LogP contribution in [0, 0.1) is 20.8 Å². The highest BCUT2D eigenvalue weighted by molar-refractivity contribution is 6.69. The second kappa shape index (κ2) is 8.88. The summed E-state index contributed by atoms with van der Waals surface area (Å²) >= 11 is 0. The molecule has 0 aliphatic carbocycles. The molecule has 4 aromatic rings. The molecule has 0 amide bonds. The van der Waals surface area contributed by atoms with Crippen molar-refractivity contribution < 1.29 is 8.99 Å². The first-order valence-corrected chi connectivity index (χ1v) is 16.0. The molecule has 1 atom stereocenters. The Hall–Kier alpha value is -3.02. The molecule has 0 radical (unpaired) electrons. The van der Waals surface area contributed by atoms with Gasteiger partial charge in [-0.3, -0.25) is 0 Å². The van der Waals surface area contributed by atoms with Crippen molar-refractivity contribution in [2.45, 2.75) is 64.9 Å². The number of rotatable bonds is 6. The Morgan fingerprint density at radius 3 is 1.94 bits per heavy atom. The number of hydrogen-bond donors (Lipinski definition) is 0. The largest absolute Gasteiger partial charge is 0.401 e. The van der Waals surface area contributed by atoms with Crippen LogP contribution in [0.1, 0.15) is 46.1 Å². The van der Waals surface area contributed by atoms with Crippen LogP contribution in [0.15, 0.2) is 79.1 Å². The van der Waals surface area contributed by atoms with Crippen LogP contribution in [-0.4, -0.2) is 18.1 Å². The zero-order valence-corrected chi connectivity index (χ0v) is 22.7. The van der Waals surface area contributed by atoms with E-state index in [4.69, 9.17) is 9.52 Å². The normalized spacial score (nSPS) is 15.9. The van der Waals surface area contributed by atoms with Crippen molar-refractivity contribution in [3.8, 4) is 5.69 Å². The minimum Gasteiger partial charge on any atom is -0.401 e. The van der Waals surface area contributed by atoms with E-state index in [9.17, 15) is 0 Å². The van der Waals surface area contributed by atoms with Gasteiger partial charge < -0.3 is 4.43 Å². The molecule has 3 aromatic carbocycles. The minimum absolute atomic E-state index is 0.105. The van der Waals surface area contributed by atoms with Gasteiger partial charge in [0.05, 0.1) is 0 Å². The van der Waals surface area contributed by atoms with E-state index in [1.165, 1.54) is 33.5 Å². The Labute approximate surface area is 210 Å². The van der Waals surface area contributed by atoms with Crippen LogP contribution in [0.3, 0.4) is 0 Å². The number of benzene rings is 3. The van der Waals surface area contributed by atoms with Gasteiger partial charge in [-0.25, -0.2) is 4.57 Å². The third-order valence-electron chi connectivity index (χ3n) is 6.94. The van der Waals surface area contributed by atoms with Gasteiger partial charge in [0.1, 0.15) is 17.3 Å². The summed E-state index contributed by atoms with van der Waals surface area (Å²) in [5, 5.41) is 5.10. The van der Waals surface area contributed by atoms with Gasteiger partial charge in [0.2, 0.25) is 6.33 Å². The molecular weight excluding hydrogens is 446 g/mol. The highest BCUT2D eigenvalue weighted by atomic mass is 28.4. The third kappa shape index (κ3) is 4.28. The lowest BCUT2D eigenvalue weighted by Gasteiger charge is -2.43. The van der Waals surface area contributed by atoms with E-state index in [1.807, 2.05) is 0 Å². The summed E-state index contributed by atoms with van der Waals surface area (Å²) in [7, 11) is -1.97. The highest BCUT2D eigenvalue weighted by Crippen LogP contribution is 2.46. The van der Waals surface area contributed by atoms with Crippen molar-refractivity contribution in [1.29, 1.82) is 0 Å². The van der Waals surface area contributed by atoms with Crippen LogP contribution in [0.25, 0.3) is 5.69 Å². The minimum atomic E-state index is -1.97.